The molecule has 0 amide bonds. The van der Waals surface area contributed by atoms with E-state index in [1.54, 1.807) is 6.92 Å². The van der Waals surface area contributed by atoms with Crippen LogP contribution in [0.15, 0.2) is 12.1 Å². The number of carbonyl (C=O) groups excluding carboxylic acids is 2. The Morgan fingerprint density at radius 1 is 1.37 bits per heavy atom. The number of benzene rings is 1. The number of hydrogen-bond donors (Lipinski definition) is 0. The molecule has 0 aliphatic rings. The number of aldehydes is 1. The Morgan fingerprint density at radius 2 is 1.95 bits per heavy atom. The SMILES string of the molecule is CCOC(=O)C(CC=O)c1cc(F)c(OC)c(F)c1. The predicted molar refractivity (Wildman–Crippen MR) is 63.0 cm³/mol. The van der Waals surface area contributed by atoms with Crippen molar-refractivity contribution in [2.45, 2.75) is 19.3 Å². The summed E-state index contributed by atoms with van der Waals surface area (Å²) in [6.07, 6.45) is 0.297. The molecule has 0 aliphatic carbocycles. The standard InChI is InChI=1S/C13H14F2O4/c1-3-19-13(17)9(4-5-16)8-6-10(14)12(18-2)11(15)7-8/h5-7,9H,3-4H2,1-2H3. The first-order chi connectivity index (χ1) is 9.04. The molecule has 0 N–H and O–H groups in total. The largest absolute Gasteiger partial charge is 0.491 e. The van der Waals surface area contributed by atoms with Crippen molar-refractivity contribution in [3.63, 3.8) is 0 Å². The number of esters is 1. The van der Waals surface area contributed by atoms with Gasteiger partial charge in [0.1, 0.15) is 6.29 Å². The maximum Gasteiger partial charge on any atom is 0.313 e. The Morgan fingerprint density at radius 3 is 2.37 bits per heavy atom. The lowest BCUT2D eigenvalue weighted by atomic mass is 9.96. The van der Waals surface area contributed by atoms with Gasteiger partial charge in [-0.25, -0.2) is 8.78 Å². The fraction of sp³-hybridized carbons (Fsp3) is 0.385. The molecule has 1 unspecified atom stereocenters. The van der Waals surface area contributed by atoms with E-state index < -0.39 is 29.3 Å². The molecule has 0 bridgehead atoms. The van der Waals surface area contributed by atoms with Gasteiger partial charge in [-0.05, 0) is 24.6 Å². The molecule has 0 heterocycles. The molecular formula is C13H14F2O4. The van der Waals surface area contributed by atoms with E-state index in [1.165, 1.54) is 0 Å². The van der Waals surface area contributed by atoms with Crippen LogP contribution in [0.4, 0.5) is 8.78 Å². The third kappa shape index (κ3) is 3.49. The summed E-state index contributed by atoms with van der Waals surface area (Å²) in [4.78, 5) is 22.2. The molecule has 0 fully saturated rings. The molecule has 0 radical (unpaired) electrons. The van der Waals surface area contributed by atoms with Crippen molar-refractivity contribution in [1.82, 2.24) is 0 Å². The summed E-state index contributed by atoms with van der Waals surface area (Å²) in [5, 5.41) is 0. The zero-order valence-electron chi connectivity index (χ0n) is 10.6. The zero-order chi connectivity index (χ0) is 14.4. The average molecular weight is 272 g/mol. The maximum atomic E-state index is 13.6. The highest BCUT2D eigenvalue weighted by molar-refractivity contribution is 5.81. The van der Waals surface area contributed by atoms with E-state index in [9.17, 15) is 18.4 Å². The summed E-state index contributed by atoms with van der Waals surface area (Å²) in [7, 11) is 1.13. The van der Waals surface area contributed by atoms with Gasteiger partial charge in [0.2, 0.25) is 0 Å². The smallest absolute Gasteiger partial charge is 0.313 e. The van der Waals surface area contributed by atoms with Crippen LogP contribution in [-0.4, -0.2) is 26.0 Å². The second-order valence-corrected chi connectivity index (χ2v) is 3.72. The van der Waals surface area contributed by atoms with Crippen LogP contribution in [0, 0.1) is 11.6 Å². The first-order valence-electron chi connectivity index (χ1n) is 5.68. The monoisotopic (exact) mass is 272 g/mol. The van der Waals surface area contributed by atoms with Gasteiger partial charge >= 0.3 is 5.97 Å². The van der Waals surface area contributed by atoms with Crippen LogP contribution in [0.25, 0.3) is 0 Å². The molecule has 6 heteroatoms. The van der Waals surface area contributed by atoms with Crippen LogP contribution in [0.2, 0.25) is 0 Å². The lowest BCUT2D eigenvalue weighted by Gasteiger charge is -2.14. The first-order valence-corrected chi connectivity index (χ1v) is 5.68. The molecular weight excluding hydrogens is 258 g/mol. The zero-order valence-corrected chi connectivity index (χ0v) is 10.6. The molecule has 0 spiro atoms. The summed E-state index contributed by atoms with van der Waals surface area (Å²) in [6, 6.07) is 1.93. The van der Waals surface area contributed by atoms with E-state index in [2.05, 4.69) is 4.74 Å². The second kappa shape index (κ2) is 6.82. The Hall–Kier alpha value is -1.98. The minimum absolute atomic E-state index is 0.0429. The van der Waals surface area contributed by atoms with Crippen molar-refractivity contribution in [3.8, 4) is 5.75 Å². The highest BCUT2D eigenvalue weighted by Crippen LogP contribution is 2.28. The van der Waals surface area contributed by atoms with Crippen LogP contribution in [-0.2, 0) is 14.3 Å². The lowest BCUT2D eigenvalue weighted by Crippen LogP contribution is -2.17. The van der Waals surface area contributed by atoms with Crippen molar-refractivity contribution in [2.75, 3.05) is 13.7 Å². The fourth-order valence-electron chi connectivity index (χ4n) is 1.68. The normalized spacial score (nSPS) is 11.8. The molecule has 0 aliphatic heterocycles. The Kier molecular flexibility index (Phi) is 5.41. The Bertz CT molecular complexity index is 451. The van der Waals surface area contributed by atoms with Gasteiger partial charge in [0, 0.05) is 6.42 Å². The molecule has 1 atom stereocenters. The van der Waals surface area contributed by atoms with Gasteiger partial charge in [-0.2, -0.15) is 0 Å². The van der Waals surface area contributed by atoms with Crippen molar-refractivity contribution in [2.24, 2.45) is 0 Å². The number of halogens is 2. The molecule has 1 aromatic rings. The maximum absolute atomic E-state index is 13.6. The van der Waals surface area contributed by atoms with E-state index in [-0.39, 0.29) is 18.6 Å². The molecule has 19 heavy (non-hydrogen) atoms. The highest BCUT2D eigenvalue weighted by Gasteiger charge is 2.24. The topological polar surface area (TPSA) is 52.6 Å². The summed E-state index contributed by atoms with van der Waals surface area (Å²) in [5.74, 6) is -4.11. The van der Waals surface area contributed by atoms with Crippen LogP contribution in [0.3, 0.4) is 0 Å². The van der Waals surface area contributed by atoms with Crippen LogP contribution >= 0.6 is 0 Å². The molecule has 1 aromatic carbocycles. The predicted octanol–water partition coefficient (Wildman–Crippen LogP) is 2.21. The number of hydrogen-bond acceptors (Lipinski definition) is 4. The van der Waals surface area contributed by atoms with Gasteiger partial charge in [-0.1, -0.05) is 0 Å². The molecule has 0 aromatic heterocycles. The van der Waals surface area contributed by atoms with Crippen LogP contribution < -0.4 is 4.74 Å². The van der Waals surface area contributed by atoms with Crippen molar-refractivity contribution in [1.29, 1.82) is 0 Å². The minimum atomic E-state index is -1.02. The highest BCUT2D eigenvalue weighted by atomic mass is 19.1. The van der Waals surface area contributed by atoms with Gasteiger partial charge in [-0.3, -0.25) is 4.79 Å². The van der Waals surface area contributed by atoms with Crippen LogP contribution in [0.5, 0.6) is 5.75 Å². The van der Waals surface area contributed by atoms with Crippen molar-refractivity contribution >= 4 is 12.3 Å². The van der Waals surface area contributed by atoms with Gasteiger partial charge in [0.15, 0.2) is 17.4 Å². The summed E-state index contributed by atoms with van der Waals surface area (Å²) >= 11 is 0. The van der Waals surface area contributed by atoms with E-state index in [0.29, 0.717) is 6.29 Å². The third-order valence-corrected chi connectivity index (χ3v) is 2.53. The number of rotatable bonds is 6. The molecule has 0 saturated heterocycles. The van der Waals surface area contributed by atoms with E-state index in [4.69, 9.17) is 4.74 Å². The van der Waals surface area contributed by atoms with Gasteiger partial charge < -0.3 is 14.3 Å². The van der Waals surface area contributed by atoms with Gasteiger partial charge in [0.25, 0.3) is 0 Å². The Balaban J connectivity index is 3.16. The summed E-state index contributed by atoms with van der Waals surface area (Å²) in [6.45, 7) is 1.72. The van der Waals surface area contributed by atoms with E-state index >= 15 is 0 Å². The van der Waals surface area contributed by atoms with Gasteiger partial charge in [-0.15, -0.1) is 0 Å². The summed E-state index contributed by atoms with van der Waals surface area (Å²) in [5.41, 5.74) is 0.0429. The number of ether oxygens (including phenoxy) is 2. The Labute approximate surface area is 109 Å². The molecule has 0 saturated carbocycles. The van der Waals surface area contributed by atoms with Crippen molar-refractivity contribution in [3.05, 3.63) is 29.3 Å². The number of carbonyl (C=O) groups is 2. The first kappa shape index (κ1) is 15.1. The van der Waals surface area contributed by atoms with Gasteiger partial charge in [0.05, 0.1) is 19.6 Å². The third-order valence-electron chi connectivity index (χ3n) is 2.53. The van der Waals surface area contributed by atoms with E-state index in [0.717, 1.165) is 19.2 Å². The van der Waals surface area contributed by atoms with E-state index in [1.807, 2.05) is 0 Å². The summed E-state index contributed by atoms with van der Waals surface area (Å²) < 4.78 is 36.4. The van der Waals surface area contributed by atoms with Crippen molar-refractivity contribution < 1.29 is 27.8 Å². The fourth-order valence-corrected chi connectivity index (χ4v) is 1.68. The lowest BCUT2D eigenvalue weighted by molar-refractivity contribution is -0.145. The second-order valence-electron chi connectivity index (χ2n) is 3.72. The average Bonchev–Trinajstić information content (AvgIpc) is 2.35. The number of methoxy groups -OCH3 is 1. The van der Waals surface area contributed by atoms with Crippen LogP contribution in [0.1, 0.15) is 24.8 Å². The molecule has 4 nitrogen and oxygen atoms in total. The molecule has 1 rings (SSSR count). The molecule has 104 valence electrons. The minimum Gasteiger partial charge on any atom is -0.491 e. The quantitative estimate of drug-likeness (QED) is 0.588.